The van der Waals surface area contributed by atoms with Crippen molar-refractivity contribution in [1.82, 2.24) is 10.2 Å². The van der Waals surface area contributed by atoms with Crippen LogP contribution in [0.25, 0.3) is 0 Å². The lowest BCUT2D eigenvalue weighted by atomic mass is 10.2. The van der Waals surface area contributed by atoms with E-state index in [4.69, 9.17) is 10.1 Å². The number of carbonyl (C=O) groups excluding carboxylic acids is 3. The summed E-state index contributed by atoms with van der Waals surface area (Å²) in [6, 6.07) is 1.53. The zero-order valence-electron chi connectivity index (χ0n) is 17.0. The van der Waals surface area contributed by atoms with Crippen LogP contribution in [0.5, 0.6) is 0 Å². The molecule has 1 saturated carbocycles. The zero-order valence-corrected chi connectivity index (χ0v) is 17.0. The van der Waals surface area contributed by atoms with E-state index in [2.05, 4.69) is 5.32 Å². The Hall–Kier alpha value is -3.22. The molecule has 0 unspecified atom stereocenters. The number of quaternary nitrogens is 1. The van der Waals surface area contributed by atoms with E-state index in [1.54, 1.807) is 0 Å². The van der Waals surface area contributed by atoms with Crippen LogP contribution in [0.4, 0.5) is 33.7 Å². The van der Waals surface area contributed by atoms with Crippen molar-refractivity contribution in [3.8, 4) is 0 Å². The second kappa shape index (κ2) is 9.10. The number of rotatable bonds is 9. The molecule has 1 aliphatic heterocycles. The fraction of sp³-hybridized carbons (Fsp3) is 0.474. The summed E-state index contributed by atoms with van der Waals surface area (Å²) in [6.07, 6.45) is -2.87. The number of anilines is 1. The van der Waals surface area contributed by atoms with Crippen molar-refractivity contribution in [2.45, 2.75) is 31.4 Å². The van der Waals surface area contributed by atoms with E-state index in [1.807, 2.05) is 0 Å². The first-order valence-electron chi connectivity index (χ1n) is 9.73. The summed E-state index contributed by atoms with van der Waals surface area (Å²) < 4.78 is 59.6. The van der Waals surface area contributed by atoms with Gasteiger partial charge in [0, 0.05) is 31.7 Å². The summed E-state index contributed by atoms with van der Waals surface area (Å²) in [6.45, 7) is 0.609. The van der Waals surface area contributed by atoms with Gasteiger partial charge < -0.3 is 25.7 Å². The molecule has 2 atom stereocenters. The topological polar surface area (TPSA) is 119 Å². The Morgan fingerprint density at radius 2 is 2.06 bits per heavy atom. The van der Waals surface area contributed by atoms with Gasteiger partial charge in [-0.2, -0.15) is 8.78 Å². The van der Waals surface area contributed by atoms with Gasteiger partial charge in [0.2, 0.25) is 11.6 Å². The zero-order chi connectivity index (χ0) is 23.6. The van der Waals surface area contributed by atoms with E-state index in [-0.39, 0.29) is 43.8 Å². The van der Waals surface area contributed by atoms with Crippen LogP contribution >= 0.6 is 0 Å². The second-order valence-electron chi connectivity index (χ2n) is 7.58. The fourth-order valence-corrected chi connectivity index (χ4v) is 3.62. The molecule has 174 valence electrons. The molecule has 1 heterocycles. The molecule has 3 amide bonds. The average Bonchev–Trinajstić information content (AvgIpc) is 3.23. The molecule has 0 aromatic heterocycles. The Morgan fingerprint density at radius 3 is 2.62 bits per heavy atom. The van der Waals surface area contributed by atoms with Gasteiger partial charge in [0.05, 0.1) is 37.9 Å². The van der Waals surface area contributed by atoms with Crippen LogP contribution < -0.4 is 15.5 Å². The molecule has 9 nitrogen and oxygen atoms in total. The SMILES string of the molecule is CC(=O)N[C@H]1C[C@]12CN(c1cc(F)c([NH2+]CCN(CC=N)C(=O)C(F)F)c(F)c1)C(=O)O2. The van der Waals surface area contributed by atoms with E-state index in [0.717, 1.165) is 28.6 Å². The van der Waals surface area contributed by atoms with Gasteiger partial charge in [-0.05, 0) is 0 Å². The van der Waals surface area contributed by atoms with Crippen LogP contribution in [0.15, 0.2) is 12.1 Å². The van der Waals surface area contributed by atoms with Crippen LogP contribution in [-0.2, 0) is 14.3 Å². The molecule has 1 saturated heterocycles. The van der Waals surface area contributed by atoms with Gasteiger partial charge in [-0.1, -0.05) is 0 Å². The van der Waals surface area contributed by atoms with Gasteiger partial charge in [-0.3, -0.25) is 14.5 Å². The molecule has 1 aromatic carbocycles. The van der Waals surface area contributed by atoms with Crippen LogP contribution in [0.3, 0.4) is 0 Å². The lowest BCUT2D eigenvalue weighted by molar-refractivity contribution is -0.574. The fourth-order valence-electron chi connectivity index (χ4n) is 3.62. The summed E-state index contributed by atoms with van der Waals surface area (Å²) in [5.41, 5.74) is -1.42. The highest BCUT2D eigenvalue weighted by atomic mass is 19.3. The number of benzene rings is 1. The third kappa shape index (κ3) is 4.82. The monoisotopic (exact) mass is 460 g/mol. The van der Waals surface area contributed by atoms with Crippen LogP contribution in [-0.4, -0.2) is 73.3 Å². The molecule has 13 heteroatoms. The first kappa shape index (κ1) is 23.4. The molecule has 2 aliphatic rings. The van der Waals surface area contributed by atoms with Crippen molar-refractivity contribution in [2.75, 3.05) is 31.1 Å². The van der Waals surface area contributed by atoms with Gasteiger partial charge in [0.1, 0.15) is 0 Å². The van der Waals surface area contributed by atoms with Crippen LogP contribution in [0.1, 0.15) is 13.3 Å². The maximum atomic E-state index is 14.6. The smallest absolute Gasteiger partial charge is 0.415 e. The highest BCUT2D eigenvalue weighted by Gasteiger charge is 2.64. The molecule has 1 spiro atoms. The summed E-state index contributed by atoms with van der Waals surface area (Å²) in [7, 11) is 0. The third-order valence-corrected chi connectivity index (χ3v) is 5.27. The largest absolute Gasteiger partial charge is 0.438 e. The van der Waals surface area contributed by atoms with Crippen molar-refractivity contribution in [3.63, 3.8) is 0 Å². The lowest BCUT2D eigenvalue weighted by Gasteiger charge is -2.19. The Morgan fingerprint density at radius 1 is 1.41 bits per heavy atom. The van der Waals surface area contributed by atoms with Gasteiger partial charge in [-0.15, -0.1) is 0 Å². The summed E-state index contributed by atoms with van der Waals surface area (Å²) in [5, 5.41) is 10.7. The number of hydrogen-bond acceptors (Lipinski definition) is 5. The first-order chi connectivity index (χ1) is 15.1. The predicted molar refractivity (Wildman–Crippen MR) is 103 cm³/mol. The Kier molecular flexibility index (Phi) is 6.67. The number of nitrogens with one attached hydrogen (secondary N) is 2. The van der Waals surface area contributed by atoms with Gasteiger partial charge in [0.25, 0.3) is 5.91 Å². The normalized spacial score (nSPS) is 21.6. The highest BCUT2D eigenvalue weighted by Crippen LogP contribution is 2.46. The number of halogens is 4. The van der Waals surface area contributed by atoms with Crippen LogP contribution in [0, 0.1) is 17.0 Å². The molecule has 32 heavy (non-hydrogen) atoms. The van der Waals surface area contributed by atoms with E-state index in [9.17, 15) is 31.9 Å². The van der Waals surface area contributed by atoms with Crippen molar-refractivity contribution in [3.05, 3.63) is 23.8 Å². The summed E-state index contributed by atoms with van der Waals surface area (Å²) >= 11 is 0. The second-order valence-corrected chi connectivity index (χ2v) is 7.58. The van der Waals surface area contributed by atoms with Crippen LogP contribution in [0.2, 0.25) is 0 Å². The van der Waals surface area contributed by atoms with Gasteiger partial charge in [0.15, 0.2) is 17.2 Å². The van der Waals surface area contributed by atoms with Crippen molar-refractivity contribution < 1.29 is 42.0 Å². The third-order valence-electron chi connectivity index (χ3n) is 5.27. The maximum Gasteiger partial charge on any atom is 0.415 e. The maximum absolute atomic E-state index is 14.6. The molecule has 4 N–H and O–H groups in total. The minimum Gasteiger partial charge on any atom is -0.438 e. The molecule has 2 fully saturated rings. The average molecular weight is 460 g/mol. The number of amides is 3. The number of alkyl halides is 2. The summed E-state index contributed by atoms with van der Waals surface area (Å²) in [4.78, 5) is 36.6. The molecular weight excluding hydrogens is 438 g/mol. The van der Waals surface area contributed by atoms with E-state index >= 15 is 0 Å². The van der Waals surface area contributed by atoms with E-state index in [0.29, 0.717) is 11.3 Å². The quantitative estimate of drug-likeness (QED) is 0.283. The number of nitrogens with two attached hydrogens (primary N) is 1. The molecule has 0 bridgehead atoms. The molecular formula is C19H22F4N5O4+. The number of ether oxygens (including phenoxy) is 1. The first-order valence-corrected chi connectivity index (χ1v) is 9.73. The number of nitrogens with zero attached hydrogens (tertiary/aromatic N) is 2. The predicted octanol–water partition coefficient (Wildman–Crippen LogP) is 0.507. The van der Waals surface area contributed by atoms with Crippen molar-refractivity contribution in [1.29, 1.82) is 5.41 Å². The van der Waals surface area contributed by atoms with Gasteiger partial charge >= 0.3 is 12.5 Å². The minimum absolute atomic E-state index is 0.0209. The molecule has 0 radical (unpaired) electrons. The molecule has 1 aliphatic carbocycles. The molecule has 3 rings (SSSR count). The Bertz CT molecular complexity index is 923. The van der Waals surface area contributed by atoms with E-state index < -0.39 is 41.3 Å². The van der Waals surface area contributed by atoms with Crippen molar-refractivity contribution >= 4 is 35.5 Å². The standard InChI is InChI=1S/C19H21F4N5O4/c1-10(29)26-14-8-19(14)9-28(18(31)32-19)11-6-12(20)15(13(21)7-11)25-3-5-27(4-2-24)17(30)16(22)23/h2,6-7,14,16,24-25H,3-5,8-9H2,1H3,(H,26,29)/p+1/t14-,19-/m0/s1. The van der Waals surface area contributed by atoms with E-state index in [1.165, 1.54) is 6.92 Å². The summed E-state index contributed by atoms with van der Waals surface area (Å²) in [5.74, 6) is -3.73. The molecule has 1 aromatic rings. The highest BCUT2D eigenvalue weighted by molar-refractivity contribution is 5.91. The van der Waals surface area contributed by atoms with Gasteiger partial charge in [-0.25, -0.2) is 13.6 Å². The Balaban J connectivity index is 1.65. The minimum atomic E-state index is -3.25. The number of carbonyl (C=O) groups is 3. The Labute approximate surface area is 180 Å². The number of hydrogen-bond donors (Lipinski definition) is 3. The lowest BCUT2D eigenvalue weighted by Crippen LogP contribution is -2.80. The van der Waals surface area contributed by atoms with Crippen molar-refractivity contribution in [2.24, 2.45) is 0 Å².